The number of carbonyl (C=O) groups is 1. The van der Waals surface area contributed by atoms with Gasteiger partial charge in [0.1, 0.15) is 5.82 Å². The van der Waals surface area contributed by atoms with E-state index in [-0.39, 0.29) is 10.7 Å². The molecule has 0 fully saturated rings. The summed E-state index contributed by atoms with van der Waals surface area (Å²) >= 11 is 11.8. The average molecular weight is 314 g/mol. The minimum Gasteiger partial charge on any atom is -0.479 e. The molecule has 20 heavy (non-hydrogen) atoms. The van der Waals surface area contributed by atoms with Gasteiger partial charge in [-0.05, 0) is 24.3 Å². The number of benzene rings is 2. The maximum atomic E-state index is 13.6. The number of hydrogen-bond donors (Lipinski definition) is 2. The number of para-hydroxylation sites is 1. The topological polar surface area (TPSA) is 49.3 Å². The molecule has 2 aromatic rings. The van der Waals surface area contributed by atoms with Crippen molar-refractivity contribution in [3.05, 3.63) is 63.9 Å². The Balaban J connectivity index is 2.37. The normalized spacial score (nSPS) is 11.9. The maximum Gasteiger partial charge on any atom is 0.330 e. The Morgan fingerprint density at radius 1 is 1.20 bits per heavy atom. The molecule has 2 aromatic carbocycles. The molecular weight excluding hydrogens is 304 g/mol. The first kappa shape index (κ1) is 14.6. The van der Waals surface area contributed by atoms with Crippen LogP contribution in [0.3, 0.4) is 0 Å². The Morgan fingerprint density at radius 2 is 1.90 bits per heavy atom. The Labute approximate surface area is 124 Å². The summed E-state index contributed by atoms with van der Waals surface area (Å²) in [6.45, 7) is 0. The van der Waals surface area contributed by atoms with Crippen molar-refractivity contribution < 1.29 is 14.3 Å². The van der Waals surface area contributed by atoms with Crippen LogP contribution in [0.4, 0.5) is 10.1 Å². The molecule has 0 aliphatic rings. The zero-order chi connectivity index (χ0) is 14.7. The number of carboxylic acid groups (broad SMARTS) is 1. The first-order valence-electron chi connectivity index (χ1n) is 5.68. The van der Waals surface area contributed by atoms with Crippen LogP contribution in [-0.4, -0.2) is 11.1 Å². The molecule has 0 bridgehead atoms. The lowest BCUT2D eigenvalue weighted by atomic mass is 10.1. The molecular formula is C14H10Cl2FNO2. The van der Waals surface area contributed by atoms with Crippen molar-refractivity contribution in [2.24, 2.45) is 0 Å². The quantitative estimate of drug-likeness (QED) is 0.881. The predicted octanol–water partition coefficient (Wildman–Crippen LogP) is 4.37. The molecule has 2 rings (SSSR count). The van der Waals surface area contributed by atoms with Crippen molar-refractivity contribution in [1.29, 1.82) is 0 Å². The summed E-state index contributed by atoms with van der Waals surface area (Å²) in [7, 11) is 0. The summed E-state index contributed by atoms with van der Waals surface area (Å²) in [6.07, 6.45) is 0. The second-order valence-corrected chi connectivity index (χ2v) is 4.90. The van der Waals surface area contributed by atoms with Crippen molar-refractivity contribution in [2.75, 3.05) is 5.32 Å². The van der Waals surface area contributed by atoms with Gasteiger partial charge in [-0.3, -0.25) is 0 Å². The Kier molecular flexibility index (Phi) is 4.47. The SMILES string of the molecule is O=C(O)C(Nc1ccccc1F)c1ccc(Cl)cc1Cl. The molecule has 104 valence electrons. The van der Waals surface area contributed by atoms with Crippen LogP contribution in [-0.2, 0) is 4.79 Å². The highest BCUT2D eigenvalue weighted by molar-refractivity contribution is 6.35. The summed E-state index contributed by atoms with van der Waals surface area (Å²) in [5.41, 5.74) is 0.401. The number of nitrogens with one attached hydrogen (secondary N) is 1. The summed E-state index contributed by atoms with van der Waals surface area (Å²) in [4.78, 5) is 11.4. The van der Waals surface area contributed by atoms with E-state index in [1.54, 1.807) is 6.07 Å². The van der Waals surface area contributed by atoms with Crippen molar-refractivity contribution in [1.82, 2.24) is 0 Å². The second kappa shape index (κ2) is 6.11. The van der Waals surface area contributed by atoms with E-state index in [1.807, 2.05) is 0 Å². The van der Waals surface area contributed by atoms with E-state index in [4.69, 9.17) is 23.2 Å². The highest BCUT2D eigenvalue weighted by atomic mass is 35.5. The van der Waals surface area contributed by atoms with Crippen LogP contribution in [0.5, 0.6) is 0 Å². The molecule has 0 aromatic heterocycles. The minimum atomic E-state index is -1.17. The molecule has 0 spiro atoms. The van der Waals surface area contributed by atoms with E-state index in [2.05, 4.69) is 5.32 Å². The van der Waals surface area contributed by atoms with Crippen LogP contribution in [0, 0.1) is 5.82 Å². The molecule has 0 amide bonds. The molecule has 0 radical (unpaired) electrons. The van der Waals surface area contributed by atoms with Crippen LogP contribution >= 0.6 is 23.2 Å². The minimum absolute atomic E-state index is 0.0888. The molecule has 3 nitrogen and oxygen atoms in total. The highest BCUT2D eigenvalue weighted by Gasteiger charge is 2.23. The van der Waals surface area contributed by atoms with Gasteiger partial charge >= 0.3 is 5.97 Å². The third-order valence-electron chi connectivity index (χ3n) is 2.69. The third kappa shape index (κ3) is 3.21. The summed E-state index contributed by atoms with van der Waals surface area (Å²) in [5, 5.41) is 12.5. The smallest absolute Gasteiger partial charge is 0.330 e. The lowest BCUT2D eigenvalue weighted by molar-refractivity contribution is -0.138. The van der Waals surface area contributed by atoms with Gasteiger partial charge in [0.2, 0.25) is 0 Å². The van der Waals surface area contributed by atoms with Crippen LogP contribution in [0.25, 0.3) is 0 Å². The van der Waals surface area contributed by atoms with Crippen molar-refractivity contribution in [3.63, 3.8) is 0 Å². The van der Waals surface area contributed by atoms with Gasteiger partial charge in [0.05, 0.1) is 5.69 Å². The van der Waals surface area contributed by atoms with Crippen LogP contribution < -0.4 is 5.32 Å². The van der Waals surface area contributed by atoms with Gasteiger partial charge in [0.25, 0.3) is 0 Å². The lowest BCUT2D eigenvalue weighted by Gasteiger charge is -2.18. The Morgan fingerprint density at radius 3 is 2.50 bits per heavy atom. The number of carboxylic acids is 1. The van der Waals surface area contributed by atoms with E-state index in [1.165, 1.54) is 36.4 Å². The second-order valence-electron chi connectivity index (χ2n) is 4.06. The maximum absolute atomic E-state index is 13.6. The Bertz CT molecular complexity index is 649. The molecule has 0 aliphatic carbocycles. The largest absolute Gasteiger partial charge is 0.479 e. The molecule has 1 atom stereocenters. The Hall–Kier alpha value is -1.78. The molecule has 1 unspecified atom stereocenters. The van der Waals surface area contributed by atoms with Gasteiger partial charge in [0, 0.05) is 15.6 Å². The molecule has 0 aliphatic heterocycles. The van der Waals surface area contributed by atoms with E-state index in [0.29, 0.717) is 10.6 Å². The molecule has 0 saturated carbocycles. The number of halogens is 3. The number of hydrogen-bond acceptors (Lipinski definition) is 2. The zero-order valence-corrected chi connectivity index (χ0v) is 11.6. The molecule has 2 N–H and O–H groups in total. The fourth-order valence-corrected chi connectivity index (χ4v) is 2.26. The van der Waals surface area contributed by atoms with Crippen molar-refractivity contribution in [3.8, 4) is 0 Å². The fraction of sp³-hybridized carbons (Fsp3) is 0.0714. The lowest BCUT2D eigenvalue weighted by Crippen LogP contribution is -2.21. The third-order valence-corrected chi connectivity index (χ3v) is 3.26. The summed E-state index contributed by atoms with van der Waals surface area (Å²) in [5.74, 6) is -1.71. The van der Waals surface area contributed by atoms with Gasteiger partial charge in [-0.1, -0.05) is 41.4 Å². The van der Waals surface area contributed by atoms with Crippen molar-refractivity contribution in [2.45, 2.75) is 6.04 Å². The van der Waals surface area contributed by atoms with Gasteiger partial charge in [0.15, 0.2) is 6.04 Å². The van der Waals surface area contributed by atoms with E-state index in [0.717, 1.165) is 0 Å². The van der Waals surface area contributed by atoms with Gasteiger partial charge in [-0.15, -0.1) is 0 Å². The first-order valence-corrected chi connectivity index (χ1v) is 6.43. The van der Waals surface area contributed by atoms with E-state index in [9.17, 15) is 14.3 Å². The van der Waals surface area contributed by atoms with Gasteiger partial charge < -0.3 is 10.4 Å². The molecule has 0 saturated heterocycles. The van der Waals surface area contributed by atoms with Crippen LogP contribution in [0.1, 0.15) is 11.6 Å². The standard InChI is InChI=1S/C14H10Cl2FNO2/c15-8-5-6-9(10(16)7-8)13(14(19)20)18-12-4-2-1-3-11(12)17/h1-7,13,18H,(H,19,20). The first-order chi connectivity index (χ1) is 9.49. The van der Waals surface area contributed by atoms with Gasteiger partial charge in [-0.2, -0.15) is 0 Å². The summed E-state index contributed by atoms with van der Waals surface area (Å²) < 4.78 is 13.6. The van der Waals surface area contributed by atoms with Crippen LogP contribution in [0.15, 0.2) is 42.5 Å². The number of anilines is 1. The highest BCUT2D eigenvalue weighted by Crippen LogP contribution is 2.29. The van der Waals surface area contributed by atoms with Crippen LogP contribution in [0.2, 0.25) is 10.0 Å². The van der Waals surface area contributed by atoms with E-state index < -0.39 is 17.8 Å². The fourth-order valence-electron chi connectivity index (χ4n) is 1.74. The van der Waals surface area contributed by atoms with E-state index >= 15 is 0 Å². The van der Waals surface area contributed by atoms with Gasteiger partial charge in [-0.25, -0.2) is 9.18 Å². The predicted molar refractivity (Wildman–Crippen MR) is 76.9 cm³/mol. The monoisotopic (exact) mass is 313 g/mol. The average Bonchev–Trinajstić information content (AvgIpc) is 2.38. The molecule has 0 heterocycles. The van der Waals surface area contributed by atoms with Crippen molar-refractivity contribution >= 4 is 34.9 Å². The summed E-state index contributed by atoms with van der Waals surface area (Å²) in [6, 6.07) is 9.12. The zero-order valence-electron chi connectivity index (χ0n) is 10.1. The molecule has 6 heteroatoms. The number of aliphatic carboxylic acids is 1. The number of rotatable bonds is 4.